The molecule has 0 bridgehead atoms. The van der Waals surface area contributed by atoms with Crippen molar-refractivity contribution >= 4 is 28.3 Å². The number of aromatic nitrogens is 1. The maximum Gasteiger partial charge on any atom is 0.336 e. The van der Waals surface area contributed by atoms with E-state index >= 15 is 0 Å². The van der Waals surface area contributed by atoms with Crippen molar-refractivity contribution in [1.29, 1.82) is 0 Å². The molecule has 0 N–H and O–H groups in total. The van der Waals surface area contributed by atoms with Crippen LogP contribution in [-0.2, 0) is 17.6 Å². The van der Waals surface area contributed by atoms with Crippen LogP contribution in [0.15, 0.2) is 63.1 Å². The molecule has 0 radical (unpaired) electrons. The lowest BCUT2D eigenvalue weighted by atomic mass is 10.1. The Morgan fingerprint density at radius 3 is 2.77 bits per heavy atom. The molecule has 0 aliphatic carbocycles. The largest absolute Gasteiger partial charge is 0.493 e. The molecule has 0 spiro atoms. The third-order valence-corrected chi connectivity index (χ3v) is 5.63. The standard InChI is InChI=1S/C24H21NO5S/c1-3-15-11-22(26)30-21-13-17(9-10-18(15)21)29-23(27)12-16-14-31-24(25-16)19-7-5-6-8-20(19)28-4-2/h5-11,13-14H,3-4,12H2,1-2H3. The number of benzene rings is 2. The highest BCUT2D eigenvalue weighted by Crippen LogP contribution is 2.32. The third kappa shape index (κ3) is 4.67. The molecule has 0 fully saturated rings. The van der Waals surface area contributed by atoms with Gasteiger partial charge in [0.05, 0.1) is 24.3 Å². The summed E-state index contributed by atoms with van der Waals surface area (Å²) in [6.07, 6.45) is 0.740. The Morgan fingerprint density at radius 2 is 1.97 bits per heavy atom. The van der Waals surface area contributed by atoms with E-state index in [1.165, 1.54) is 17.4 Å². The summed E-state index contributed by atoms with van der Waals surface area (Å²) < 4.78 is 16.4. The van der Waals surface area contributed by atoms with E-state index in [1.54, 1.807) is 18.2 Å². The normalized spacial score (nSPS) is 10.9. The van der Waals surface area contributed by atoms with Crippen LogP contribution in [0.5, 0.6) is 11.5 Å². The first-order valence-corrected chi connectivity index (χ1v) is 10.9. The predicted molar refractivity (Wildman–Crippen MR) is 120 cm³/mol. The quantitative estimate of drug-likeness (QED) is 0.230. The smallest absolute Gasteiger partial charge is 0.336 e. The lowest BCUT2D eigenvalue weighted by Gasteiger charge is -2.07. The molecular formula is C24H21NO5S. The second kappa shape index (κ2) is 9.14. The van der Waals surface area contributed by atoms with Crippen LogP contribution in [0.4, 0.5) is 0 Å². The summed E-state index contributed by atoms with van der Waals surface area (Å²) in [7, 11) is 0. The minimum absolute atomic E-state index is 0.0320. The fraction of sp³-hybridized carbons (Fsp3) is 0.208. The van der Waals surface area contributed by atoms with Gasteiger partial charge in [-0.2, -0.15) is 0 Å². The van der Waals surface area contributed by atoms with Gasteiger partial charge in [-0.05, 0) is 43.2 Å². The Morgan fingerprint density at radius 1 is 1.13 bits per heavy atom. The molecule has 0 saturated heterocycles. The first-order chi connectivity index (χ1) is 15.1. The van der Waals surface area contributed by atoms with Crippen molar-refractivity contribution in [2.75, 3.05) is 6.61 Å². The molecule has 0 aliphatic heterocycles. The number of carbonyl (C=O) groups excluding carboxylic acids is 1. The summed E-state index contributed by atoms with van der Waals surface area (Å²) in [5.74, 6) is 0.645. The van der Waals surface area contributed by atoms with Gasteiger partial charge in [-0.15, -0.1) is 11.3 Å². The molecule has 4 rings (SSSR count). The lowest BCUT2D eigenvalue weighted by molar-refractivity contribution is -0.133. The topological polar surface area (TPSA) is 78.6 Å². The Balaban J connectivity index is 1.49. The second-order valence-electron chi connectivity index (χ2n) is 6.83. The van der Waals surface area contributed by atoms with E-state index in [-0.39, 0.29) is 6.42 Å². The van der Waals surface area contributed by atoms with Crippen LogP contribution in [0.25, 0.3) is 21.5 Å². The van der Waals surface area contributed by atoms with Crippen LogP contribution >= 0.6 is 11.3 Å². The van der Waals surface area contributed by atoms with Gasteiger partial charge in [0, 0.05) is 22.9 Å². The summed E-state index contributed by atoms with van der Waals surface area (Å²) in [5, 5.41) is 3.46. The number of fused-ring (bicyclic) bond motifs is 1. The Bertz CT molecular complexity index is 1290. The van der Waals surface area contributed by atoms with Gasteiger partial charge in [0.15, 0.2) is 0 Å². The van der Waals surface area contributed by atoms with Crippen LogP contribution in [0, 0.1) is 0 Å². The number of para-hydroxylation sites is 1. The van der Waals surface area contributed by atoms with Crippen molar-refractivity contribution in [3.8, 4) is 22.1 Å². The van der Waals surface area contributed by atoms with E-state index in [2.05, 4.69) is 4.98 Å². The average Bonchev–Trinajstić information content (AvgIpc) is 3.21. The summed E-state index contributed by atoms with van der Waals surface area (Å²) in [4.78, 5) is 28.7. The van der Waals surface area contributed by atoms with Crippen LogP contribution in [-0.4, -0.2) is 17.6 Å². The SMILES string of the molecule is CCOc1ccccc1-c1nc(CC(=O)Oc2ccc3c(CC)cc(=O)oc3c2)cs1. The molecule has 0 unspecified atom stereocenters. The molecule has 0 atom stereocenters. The van der Waals surface area contributed by atoms with Crippen molar-refractivity contribution in [3.63, 3.8) is 0 Å². The molecule has 2 aromatic carbocycles. The van der Waals surface area contributed by atoms with Crippen LogP contribution in [0.3, 0.4) is 0 Å². The first-order valence-electron chi connectivity index (χ1n) is 10.0. The number of rotatable bonds is 7. The zero-order valence-electron chi connectivity index (χ0n) is 17.2. The van der Waals surface area contributed by atoms with Gasteiger partial charge in [-0.3, -0.25) is 4.79 Å². The number of aryl methyl sites for hydroxylation is 1. The predicted octanol–water partition coefficient (Wildman–Crippen LogP) is 5.03. The fourth-order valence-electron chi connectivity index (χ4n) is 3.32. The molecule has 4 aromatic rings. The minimum atomic E-state index is -0.441. The second-order valence-corrected chi connectivity index (χ2v) is 7.68. The van der Waals surface area contributed by atoms with Gasteiger partial charge in [-0.1, -0.05) is 19.1 Å². The third-order valence-electron chi connectivity index (χ3n) is 4.71. The number of nitrogens with zero attached hydrogens (tertiary/aromatic N) is 1. The number of esters is 1. The first kappa shape index (κ1) is 20.8. The molecule has 6 nitrogen and oxygen atoms in total. The van der Waals surface area contributed by atoms with Crippen LogP contribution in [0.1, 0.15) is 25.1 Å². The summed E-state index contributed by atoms with van der Waals surface area (Å²) in [5.41, 5.74) is 2.39. The number of hydrogen-bond acceptors (Lipinski definition) is 7. The highest BCUT2D eigenvalue weighted by Gasteiger charge is 2.14. The Kier molecular flexibility index (Phi) is 6.13. The van der Waals surface area contributed by atoms with Gasteiger partial charge in [-0.25, -0.2) is 9.78 Å². The maximum absolute atomic E-state index is 12.4. The zero-order valence-corrected chi connectivity index (χ0v) is 18.0. The maximum atomic E-state index is 12.4. The molecule has 2 heterocycles. The molecule has 31 heavy (non-hydrogen) atoms. The van der Waals surface area contributed by atoms with E-state index in [1.807, 2.05) is 43.5 Å². The van der Waals surface area contributed by atoms with Crippen LogP contribution in [0.2, 0.25) is 0 Å². The van der Waals surface area contributed by atoms with Gasteiger partial charge in [0.1, 0.15) is 22.1 Å². The van der Waals surface area contributed by atoms with E-state index in [4.69, 9.17) is 13.9 Å². The minimum Gasteiger partial charge on any atom is -0.493 e. The van der Waals surface area contributed by atoms with E-state index < -0.39 is 11.6 Å². The Hall–Kier alpha value is -3.45. The molecule has 0 saturated carbocycles. The number of hydrogen-bond donors (Lipinski definition) is 0. The van der Waals surface area contributed by atoms with Crippen molar-refractivity contribution < 1.29 is 18.7 Å². The molecule has 158 valence electrons. The Labute approximate surface area is 183 Å². The van der Waals surface area contributed by atoms with Gasteiger partial charge < -0.3 is 13.9 Å². The number of thiazole rings is 1. The van der Waals surface area contributed by atoms with Gasteiger partial charge >= 0.3 is 11.6 Å². The molecule has 2 aromatic heterocycles. The molecule has 0 aliphatic rings. The van der Waals surface area contributed by atoms with E-state index in [0.717, 1.165) is 27.3 Å². The van der Waals surface area contributed by atoms with Crippen LogP contribution < -0.4 is 15.1 Å². The molecular weight excluding hydrogens is 414 g/mol. The summed E-state index contributed by atoms with van der Waals surface area (Å²) in [6.45, 7) is 4.46. The average molecular weight is 436 g/mol. The highest BCUT2D eigenvalue weighted by molar-refractivity contribution is 7.13. The van der Waals surface area contributed by atoms with Crippen molar-refractivity contribution in [3.05, 3.63) is 75.6 Å². The molecule has 7 heteroatoms. The number of carbonyl (C=O) groups is 1. The van der Waals surface area contributed by atoms with Crippen molar-refractivity contribution in [2.24, 2.45) is 0 Å². The molecule has 0 amide bonds. The lowest BCUT2D eigenvalue weighted by Crippen LogP contribution is -2.11. The zero-order chi connectivity index (χ0) is 21.8. The number of ether oxygens (including phenoxy) is 2. The van der Waals surface area contributed by atoms with E-state index in [9.17, 15) is 9.59 Å². The van der Waals surface area contributed by atoms with Gasteiger partial charge in [0.25, 0.3) is 0 Å². The fourth-order valence-corrected chi connectivity index (χ4v) is 4.17. The summed E-state index contributed by atoms with van der Waals surface area (Å²) in [6, 6.07) is 14.2. The van der Waals surface area contributed by atoms with Crippen molar-refractivity contribution in [2.45, 2.75) is 26.7 Å². The van der Waals surface area contributed by atoms with E-state index in [0.29, 0.717) is 30.1 Å². The highest BCUT2D eigenvalue weighted by atomic mass is 32.1. The monoisotopic (exact) mass is 435 g/mol. The summed E-state index contributed by atoms with van der Waals surface area (Å²) >= 11 is 1.45. The van der Waals surface area contributed by atoms with Crippen molar-refractivity contribution in [1.82, 2.24) is 4.98 Å². The van der Waals surface area contributed by atoms with Gasteiger partial charge in [0.2, 0.25) is 0 Å².